The summed E-state index contributed by atoms with van der Waals surface area (Å²) in [4.78, 5) is 26.7. The maximum atomic E-state index is 12.1. The number of halogens is 1. The molecule has 2 aromatic rings. The van der Waals surface area contributed by atoms with Crippen molar-refractivity contribution in [2.24, 2.45) is 7.05 Å². The van der Waals surface area contributed by atoms with Crippen molar-refractivity contribution in [3.8, 4) is 0 Å². The molecule has 5 nitrogen and oxygen atoms in total. The van der Waals surface area contributed by atoms with Crippen LogP contribution in [-0.4, -0.2) is 15.5 Å². The zero-order chi connectivity index (χ0) is 14.9. The smallest absolute Gasteiger partial charge is 0.268 e. The highest BCUT2D eigenvalue weighted by atomic mass is 79.9. The summed E-state index contributed by atoms with van der Waals surface area (Å²) in [5.41, 5.74) is 2.65. The Kier molecular flexibility index (Phi) is 4.13. The fourth-order valence-corrected chi connectivity index (χ4v) is 2.63. The second kappa shape index (κ2) is 5.66. The van der Waals surface area contributed by atoms with Gasteiger partial charge in [0.2, 0.25) is 0 Å². The first-order valence-corrected chi connectivity index (χ1v) is 6.97. The summed E-state index contributed by atoms with van der Waals surface area (Å²) < 4.78 is 2.57. The van der Waals surface area contributed by atoms with Crippen LogP contribution in [0.1, 0.15) is 27.3 Å². The first-order chi connectivity index (χ1) is 9.38. The molecular weight excluding hydrogens is 322 g/mol. The second-order valence-corrected chi connectivity index (χ2v) is 5.70. The average molecular weight is 338 g/mol. The van der Waals surface area contributed by atoms with E-state index in [2.05, 4.69) is 26.2 Å². The number of aromatic nitrogens is 2. The van der Waals surface area contributed by atoms with Gasteiger partial charge in [-0.15, -0.1) is 0 Å². The molecule has 0 aliphatic heterocycles. The third-order valence-corrected chi connectivity index (χ3v) is 3.56. The van der Waals surface area contributed by atoms with Crippen molar-refractivity contribution in [2.75, 3.05) is 0 Å². The van der Waals surface area contributed by atoms with Gasteiger partial charge in [-0.05, 0) is 47.5 Å². The van der Waals surface area contributed by atoms with Gasteiger partial charge in [-0.25, -0.2) is 0 Å². The first-order valence-electron chi connectivity index (χ1n) is 6.18. The Labute approximate surface area is 125 Å². The van der Waals surface area contributed by atoms with Gasteiger partial charge in [-0.2, -0.15) is 0 Å². The predicted octanol–water partition coefficient (Wildman–Crippen LogP) is 2.02. The Morgan fingerprint density at radius 1 is 1.40 bits per heavy atom. The van der Waals surface area contributed by atoms with Gasteiger partial charge in [-0.1, -0.05) is 0 Å². The van der Waals surface area contributed by atoms with Crippen molar-refractivity contribution in [1.82, 2.24) is 14.9 Å². The Hall–Kier alpha value is -1.82. The van der Waals surface area contributed by atoms with Crippen LogP contribution in [0.3, 0.4) is 0 Å². The SMILES string of the molecule is Cc1cc(C)c(CNC(=O)c2cc(Br)cn2C)c(=O)[nH]1. The number of rotatable bonds is 3. The molecule has 0 spiro atoms. The van der Waals surface area contributed by atoms with Crippen LogP contribution in [0, 0.1) is 13.8 Å². The largest absolute Gasteiger partial charge is 0.346 e. The second-order valence-electron chi connectivity index (χ2n) is 4.78. The van der Waals surface area contributed by atoms with Gasteiger partial charge in [0.25, 0.3) is 11.5 Å². The molecule has 0 atom stereocenters. The van der Waals surface area contributed by atoms with Crippen molar-refractivity contribution in [1.29, 1.82) is 0 Å². The van der Waals surface area contributed by atoms with Crippen LogP contribution in [0.25, 0.3) is 0 Å². The molecule has 0 unspecified atom stereocenters. The van der Waals surface area contributed by atoms with Gasteiger partial charge in [0, 0.05) is 35.5 Å². The number of hydrogen-bond acceptors (Lipinski definition) is 2. The minimum absolute atomic E-state index is 0.157. The molecule has 2 N–H and O–H groups in total. The minimum atomic E-state index is -0.211. The van der Waals surface area contributed by atoms with E-state index in [-0.39, 0.29) is 18.0 Å². The Balaban J connectivity index is 2.15. The summed E-state index contributed by atoms with van der Waals surface area (Å²) in [5, 5.41) is 2.77. The van der Waals surface area contributed by atoms with Crippen molar-refractivity contribution in [3.05, 3.63) is 55.7 Å². The fourth-order valence-electron chi connectivity index (χ4n) is 2.11. The van der Waals surface area contributed by atoms with E-state index >= 15 is 0 Å². The Bertz CT molecular complexity index is 716. The van der Waals surface area contributed by atoms with Gasteiger partial charge >= 0.3 is 0 Å². The van der Waals surface area contributed by atoms with E-state index in [0.717, 1.165) is 15.7 Å². The number of H-pyrrole nitrogens is 1. The molecule has 6 heteroatoms. The Morgan fingerprint density at radius 3 is 2.65 bits per heavy atom. The zero-order valence-corrected chi connectivity index (χ0v) is 13.2. The normalized spacial score (nSPS) is 10.6. The van der Waals surface area contributed by atoms with Crippen molar-refractivity contribution in [3.63, 3.8) is 0 Å². The molecule has 106 valence electrons. The lowest BCUT2D eigenvalue weighted by Gasteiger charge is -2.08. The molecule has 2 aromatic heterocycles. The number of nitrogens with zero attached hydrogens (tertiary/aromatic N) is 1. The molecule has 2 heterocycles. The molecule has 1 amide bonds. The summed E-state index contributed by atoms with van der Waals surface area (Å²) in [6, 6.07) is 3.63. The van der Waals surface area contributed by atoms with Crippen LogP contribution in [0.4, 0.5) is 0 Å². The molecule has 0 aromatic carbocycles. The van der Waals surface area contributed by atoms with E-state index in [9.17, 15) is 9.59 Å². The Morgan fingerprint density at radius 2 is 2.10 bits per heavy atom. The lowest BCUT2D eigenvalue weighted by atomic mass is 10.1. The lowest BCUT2D eigenvalue weighted by molar-refractivity contribution is 0.0942. The molecule has 0 radical (unpaired) electrons. The van der Waals surface area contributed by atoms with E-state index in [4.69, 9.17) is 0 Å². The predicted molar refractivity (Wildman–Crippen MR) is 80.8 cm³/mol. The van der Waals surface area contributed by atoms with Crippen LogP contribution in [0.5, 0.6) is 0 Å². The standard InChI is InChI=1S/C14H16BrN3O2/c1-8-4-9(2)17-13(19)11(8)6-16-14(20)12-5-10(15)7-18(12)3/h4-5,7H,6H2,1-3H3,(H,16,20)(H,17,19). The summed E-state index contributed by atoms with van der Waals surface area (Å²) in [5.74, 6) is -0.211. The van der Waals surface area contributed by atoms with Gasteiger partial charge in [0.15, 0.2) is 0 Å². The summed E-state index contributed by atoms with van der Waals surface area (Å²) >= 11 is 3.32. The number of pyridine rings is 1. The number of nitrogens with one attached hydrogen (secondary N) is 2. The van der Waals surface area contributed by atoms with Crippen LogP contribution < -0.4 is 10.9 Å². The highest BCUT2D eigenvalue weighted by Gasteiger charge is 2.12. The molecule has 0 saturated heterocycles. The lowest BCUT2D eigenvalue weighted by Crippen LogP contribution is -2.29. The van der Waals surface area contributed by atoms with Crippen molar-refractivity contribution in [2.45, 2.75) is 20.4 Å². The topological polar surface area (TPSA) is 66.9 Å². The van der Waals surface area contributed by atoms with E-state index in [1.807, 2.05) is 19.9 Å². The third-order valence-electron chi connectivity index (χ3n) is 3.12. The van der Waals surface area contributed by atoms with Gasteiger partial charge < -0.3 is 14.9 Å². The van der Waals surface area contributed by atoms with E-state index < -0.39 is 0 Å². The molecule has 0 fully saturated rings. The van der Waals surface area contributed by atoms with E-state index in [1.165, 1.54) is 0 Å². The van der Waals surface area contributed by atoms with Gasteiger partial charge in [0.05, 0.1) is 0 Å². The molecule has 20 heavy (non-hydrogen) atoms. The number of carbonyl (C=O) groups excluding carboxylic acids is 1. The zero-order valence-electron chi connectivity index (χ0n) is 11.6. The quantitative estimate of drug-likeness (QED) is 0.899. The first kappa shape index (κ1) is 14.6. The molecular formula is C14H16BrN3O2. The van der Waals surface area contributed by atoms with Crippen molar-refractivity contribution >= 4 is 21.8 Å². The molecule has 0 saturated carbocycles. The monoisotopic (exact) mass is 337 g/mol. The summed E-state index contributed by atoms with van der Waals surface area (Å²) in [6.07, 6.45) is 1.80. The average Bonchev–Trinajstić information content (AvgIpc) is 2.66. The fraction of sp³-hybridized carbons (Fsp3) is 0.286. The highest BCUT2D eigenvalue weighted by molar-refractivity contribution is 9.10. The van der Waals surface area contributed by atoms with Crippen LogP contribution in [0.15, 0.2) is 27.6 Å². The highest BCUT2D eigenvalue weighted by Crippen LogP contribution is 2.13. The van der Waals surface area contributed by atoms with E-state index in [1.54, 1.807) is 23.9 Å². The molecule has 0 aliphatic carbocycles. The summed E-state index contributed by atoms with van der Waals surface area (Å²) in [6.45, 7) is 3.91. The van der Waals surface area contributed by atoms with E-state index in [0.29, 0.717) is 11.3 Å². The number of hydrogen-bond donors (Lipinski definition) is 2. The van der Waals surface area contributed by atoms with Crippen LogP contribution in [0.2, 0.25) is 0 Å². The summed E-state index contributed by atoms with van der Waals surface area (Å²) in [7, 11) is 1.80. The van der Waals surface area contributed by atoms with Crippen molar-refractivity contribution < 1.29 is 4.79 Å². The van der Waals surface area contributed by atoms with Crippen LogP contribution in [-0.2, 0) is 13.6 Å². The van der Waals surface area contributed by atoms with Crippen LogP contribution >= 0.6 is 15.9 Å². The number of aromatic amines is 1. The number of carbonyl (C=O) groups is 1. The maximum absolute atomic E-state index is 12.1. The maximum Gasteiger partial charge on any atom is 0.268 e. The number of amides is 1. The molecule has 0 aliphatic rings. The molecule has 2 rings (SSSR count). The minimum Gasteiger partial charge on any atom is -0.346 e. The molecule has 0 bridgehead atoms. The van der Waals surface area contributed by atoms with Gasteiger partial charge in [0.1, 0.15) is 5.69 Å². The van der Waals surface area contributed by atoms with Gasteiger partial charge in [-0.3, -0.25) is 9.59 Å². The number of aryl methyl sites for hydroxylation is 3. The third kappa shape index (κ3) is 3.01.